The molecule has 25 heavy (non-hydrogen) atoms. The molecule has 0 aliphatic heterocycles. The fourth-order valence-corrected chi connectivity index (χ4v) is 2.69. The number of benzene rings is 3. The van der Waals surface area contributed by atoms with Gasteiger partial charge in [-0.2, -0.15) is 0 Å². The van der Waals surface area contributed by atoms with Crippen molar-refractivity contribution in [2.45, 2.75) is 20.0 Å². The van der Waals surface area contributed by atoms with Crippen LogP contribution in [0, 0.1) is 0 Å². The van der Waals surface area contributed by atoms with Gasteiger partial charge in [0.25, 0.3) is 5.91 Å². The smallest absolute Gasteiger partial charge is 0.255 e. The second kappa shape index (κ2) is 7.26. The summed E-state index contributed by atoms with van der Waals surface area (Å²) in [5, 5.41) is 5.06. The van der Waals surface area contributed by atoms with Crippen molar-refractivity contribution < 1.29 is 14.3 Å². The van der Waals surface area contributed by atoms with E-state index < -0.39 is 0 Å². The lowest BCUT2D eigenvalue weighted by atomic mass is 10.1. The summed E-state index contributed by atoms with van der Waals surface area (Å²) in [6.45, 7) is 3.89. The maximum absolute atomic E-state index is 12.7. The van der Waals surface area contributed by atoms with Gasteiger partial charge in [0, 0.05) is 16.6 Å². The molecular formula is C21H21NO3. The fraction of sp³-hybridized carbons (Fsp3) is 0.190. The number of hydrogen-bond donors (Lipinski definition) is 1. The molecule has 4 nitrogen and oxygen atoms in total. The second-order valence-corrected chi connectivity index (χ2v) is 6.01. The quantitative estimate of drug-likeness (QED) is 0.722. The molecule has 3 aromatic rings. The van der Waals surface area contributed by atoms with Crippen molar-refractivity contribution in [3.8, 4) is 11.5 Å². The number of carbonyl (C=O) groups excluding carboxylic acids is 1. The van der Waals surface area contributed by atoms with Crippen molar-refractivity contribution in [1.29, 1.82) is 0 Å². The molecule has 3 rings (SSSR count). The Hall–Kier alpha value is -3.01. The van der Waals surface area contributed by atoms with E-state index in [0.717, 1.165) is 16.5 Å². The topological polar surface area (TPSA) is 47.6 Å². The predicted octanol–water partition coefficient (Wildman–Crippen LogP) is 4.89. The normalized spacial score (nSPS) is 10.7. The van der Waals surface area contributed by atoms with Gasteiger partial charge in [-0.15, -0.1) is 0 Å². The van der Waals surface area contributed by atoms with E-state index in [1.807, 2.05) is 56.3 Å². The van der Waals surface area contributed by atoms with Crippen LogP contribution in [0.25, 0.3) is 10.8 Å². The Morgan fingerprint density at radius 1 is 0.960 bits per heavy atom. The molecule has 4 heteroatoms. The molecule has 0 fully saturated rings. The summed E-state index contributed by atoms with van der Waals surface area (Å²) < 4.78 is 11.0. The van der Waals surface area contributed by atoms with Crippen LogP contribution in [0.5, 0.6) is 11.5 Å². The van der Waals surface area contributed by atoms with Gasteiger partial charge in [0.15, 0.2) is 11.5 Å². The first-order chi connectivity index (χ1) is 12.1. The monoisotopic (exact) mass is 335 g/mol. The Kier molecular flexibility index (Phi) is 4.89. The van der Waals surface area contributed by atoms with Crippen molar-refractivity contribution in [3.05, 3.63) is 66.2 Å². The first-order valence-corrected chi connectivity index (χ1v) is 8.22. The number of ether oxygens (including phenoxy) is 2. The molecule has 0 heterocycles. The van der Waals surface area contributed by atoms with Crippen LogP contribution in [0.15, 0.2) is 60.7 Å². The van der Waals surface area contributed by atoms with Gasteiger partial charge in [0.2, 0.25) is 0 Å². The van der Waals surface area contributed by atoms with Crippen molar-refractivity contribution in [3.63, 3.8) is 0 Å². The van der Waals surface area contributed by atoms with Crippen LogP contribution in [0.1, 0.15) is 24.2 Å². The number of anilines is 1. The third-order valence-electron chi connectivity index (χ3n) is 3.83. The largest absolute Gasteiger partial charge is 0.493 e. The van der Waals surface area contributed by atoms with Crippen LogP contribution >= 0.6 is 0 Å². The molecule has 3 aromatic carbocycles. The van der Waals surface area contributed by atoms with E-state index in [0.29, 0.717) is 17.1 Å². The Bertz CT molecular complexity index is 897. The van der Waals surface area contributed by atoms with Crippen molar-refractivity contribution >= 4 is 22.4 Å². The number of carbonyl (C=O) groups is 1. The summed E-state index contributed by atoms with van der Waals surface area (Å²) in [6, 6.07) is 19.0. The molecule has 0 spiro atoms. The minimum Gasteiger partial charge on any atom is -0.493 e. The van der Waals surface area contributed by atoms with Gasteiger partial charge in [-0.1, -0.05) is 36.4 Å². The Labute approximate surface area is 147 Å². The van der Waals surface area contributed by atoms with E-state index in [-0.39, 0.29) is 12.0 Å². The van der Waals surface area contributed by atoms with Crippen LogP contribution in [0.2, 0.25) is 0 Å². The van der Waals surface area contributed by atoms with Crippen molar-refractivity contribution in [2.24, 2.45) is 0 Å². The SMILES string of the molecule is COc1cc(C(=O)Nc2cccc3ccccc23)ccc1OC(C)C. The number of amides is 1. The predicted molar refractivity (Wildman–Crippen MR) is 101 cm³/mol. The summed E-state index contributed by atoms with van der Waals surface area (Å²) in [7, 11) is 1.56. The highest BCUT2D eigenvalue weighted by Gasteiger charge is 2.13. The van der Waals surface area contributed by atoms with Gasteiger partial charge in [-0.05, 0) is 43.5 Å². The molecule has 0 bridgehead atoms. The highest BCUT2D eigenvalue weighted by Crippen LogP contribution is 2.30. The third kappa shape index (κ3) is 3.74. The first-order valence-electron chi connectivity index (χ1n) is 8.22. The Balaban J connectivity index is 1.88. The van der Waals surface area contributed by atoms with Gasteiger partial charge in [0.05, 0.1) is 13.2 Å². The van der Waals surface area contributed by atoms with Crippen LogP contribution in [0.4, 0.5) is 5.69 Å². The number of nitrogens with one attached hydrogen (secondary N) is 1. The molecule has 0 atom stereocenters. The summed E-state index contributed by atoms with van der Waals surface area (Å²) in [4.78, 5) is 12.7. The fourth-order valence-electron chi connectivity index (χ4n) is 2.69. The maximum atomic E-state index is 12.7. The molecule has 128 valence electrons. The molecule has 0 radical (unpaired) electrons. The van der Waals surface area contributed by atoms with E-state index in [1.165, 1.54) is 0 Å². The molecule has 0 saturated carbocycles. The zero-order chi connectivity index (χ0) is 17.8. The summed E-state index contributed by atoms with van der Waals surface area (Å²) in [5.41, 5.74) is 1.30. The standard InChI is InChI=1S/C21H21NO3/c1-14(2)25-19-12-11-16(13-20(19)24-3)21(23)22-18-10-6-8-15-7-4-5-9-17(15)18/h4-14H,1-3H3,(H,22,23). The number of rotatable bonds is 5. The van der Waals surface area contributed by atoms with E-state index in [9.17, 15) is 4.79 Å². The molecule has 0 aliphatic carbocycles. The zero-order valence-corrected chi connectivity index (χ0v) is 14.6. The molecule has 1 amide bonds. The van der Waals surface area contributed by atoms with Crippen molar-refractivity contribution in [1.82, 2.24) is 0 Å². The van der Waals surface area contributed by atoms with Crippen molar-refractivity contribution in [2.75, 3.05) is 12.4 Å². The van der Waals surface area contributed by atoms with Crippen LogP contribution in [-0.2, 0) is 0 Å². The van der Waals surface area contributed by atoms with E-state index >= 15 is 0 Å². The molecular weight excluding hydrogens is 314 g/mol. The highest BCUT2D eigenvalue weighted by molar-refractivity contribution is 6.09. The van der Waals surface area contributed by atoms with Crippen LogP contribution in [0.3, 0.4) is 0 Å². The van der Waals surface area contributed by atoms with E-state index in [4.69, 9.17) is 9.47 Å². The average molecular weight is 335 g/mol. The number of fused-ring (bicyclic) bond motifs is 1. The minimum absolute atomic E-state index is 0.0317. The zero-order valence-electron chi connectivity index (χ0n) is 14.6. The average Bonchev–Trinajstić information content (AvgIpc) is 2.62. The van der Waals surface area contributed by atoms with Gasteiger partial charge >= 0.3 is 0 Å². The van der Waals surface area contributed by atoms with Crippen LogP contribution < -0.4 is 14.8 Å². The van der Waals surface area contributed by atoms with E-state index in [2.05, 4.69) is 5.32 Å². The third-order valence-corrected chi connectivity index (χ3v) is 3.83. The summed E-state index contributed by atoms with van der Waals surface area (Å²) in [5.74, 6) is 0.976. The first kappa shape index (κ1) is 16.8. The minimum atomic E-state index is -0.189. The van der Waals surface area contributed by atoms with E-state index in [1.54, 1.807) is 25.3 Å². The van der Waals surface area contributed by atoms with Gasteiger partial charge in [0.1, 0.15) is 0 Å². The molecule has 0 aliphatic rings. The number of hydrogen-bond acceptors (Lipinski definition) is 3. The van der Waals surface area contributed by atoms with Gasteiger partial charge in [-0.25, -0.2) is 0 Å². The van der Waals surface area contributed by atoms with Gasteiger partial charge in [-0.3, -0.25) is 4.79 Å². The summed E-state index contributed by atoms with van der Waals surface area (Å²) >= 11 is 0. The molecule has 0 saturated heterocycles. The molecule has 1 N–H and O–H groups in total. The van der Waals surface area contributed by atoms with Crippen LogP contribution in [-0.4, -0.2) is 19.1 Å². The molecule has 0 unspecified atom stereocenters. The summed E-state index contributed by atoms with van der Waals surface area (Å²) in [6.07, 6.45) is 0.0317. The lowest BCUT2D eigenvalue weighted by Crippen LogP contribution is -2.13. The number of methoxy groups -OCH3 is 1. The molecule has 0 aromatic heterocycles. The Morgan fingerprint density at radius 3 is 2.48 bits per heavy atom. The highest BCUT2D eigenvalue weighted by atomic mass is 16.5. The lowest BCUT2D eigenvalue weighted by Gasteiger charge is -2.15. The second-order valence-electron chi connectivity index (χ2n) is 6.01. The van der Waals surface area contributed by atoms with Gasteiger partial charge < -0.3 is 14.8 Å². The lowest BCUT2D eigenvalue weighted by molar-refractivity contribution is 0.102. The Morgan fingerprint density at radius 2 is 1.72 bits per heavy atom. The maximum Gasteiger partial charge on any atom is 0.255 e.